The van der Waals surface area contributed by atoms with Gasteiger partial charge in [0.1, 0.15) is 23.7 Å². The lowest BCUT2D eigenvalue weighted by Crippen LogP contribution is -2.52. The van der Waals surface area contributed by atoms with Crippen LogP contribution in [0, 0.1) is 5.92 Å². The van der Waals surface area contributed by atoms with Crippen LogP contribution < -0.4 is 10.4 Å². The third-order valence-electron chi connectivity index (χ3n) is 11.3. The van der Waals surface area contributed by atoms with E-state index in [1.165, 1.54) is 16.7 Å². The fourth-order valence-electron chi connectivity index (χ4n) is 8.18. The average Bonchev–Trinajstić information content (AvgIpc) is 3.19. The fourth-order valence-corrected chi connectivity index (χ4v) is 8.18. The minimum Gasteiger partial charge on any atom is -0.483 e. The first-order chi connectivity index (χ1) is 28.0. The maximum absolute atomic E-state index is 14.4. The van der Waals surface area contributed by atoms with Crippen LogP contribution in [0.25, 0.3) is 11.0 Å². The highest BCUT2D eigenvalue weighted by atomic mass is 16.6. The highest BCUT2D eigenvalue weighted by Gasteiger charge is 2.50. The van der Waals surface area contributed by atoms with Crippen LogP contribution in [0.2, 0.25) is 0 Å². The lowest BCUT2D eigenvalue weighted by Gasteiger charge is -2.43. The maximum Gasteiger partial charge on any atom is 0.339 e. The SMILES string of the molecule is CC(C)=C1CCc2ccc(cc2)C[C@H](CCc2cccc(Cc3ccccc3)c2)CC(=O)O[C@@H]2c3c(ccc4cc(CCOCO)c(=O)oc34)OC(C)(C)[C@H]2OC1=O. The second-order valence-corrected chi connectivity index (χ2v) is 16.3. The lowest BCUT2D eigenvalue weighted by molar-refractivity contribution is -0.188. The summed E-state index contributed by atoms with van der Waals surface area (Å²) in [5, 5.41) is 9.66. The molecule has 9 heteroatoms. The smallest absolute Gasteiger partial charge is 0.339 e. The Morgan fingerprint density at radius 3 is 2.29 bits per heavy atom. The van der Waals surface area contributed by atoms with E-state index in [0.717, 1.165) is 36.0 Å². The topological polar surface area (TPSA) is 122 Å². The Hall–Kier alpha value is -5.51. The number of aryl methyl sites for hydroxylation is 2. The molecule has 1 N–H and O–H groups in total. The van der Waals surface area contributed by atoms with Crippen molar-refractivity contribution in [3.63, 3.8) is 0 Å². The fraction of sp³-hybridized carbons (Fsp3) is 0.367. The number of rotatable bonds is 9. The summed E-state index contributed by atoms with van der Waals surface area (Å²) < 4.78 is 30.4. The molecule has 8 rings (SSSR count). The van der Waals surface area contributed by atoms with Crippen molar-refractivity contribution < 1.29 is 38.1 Å². The number of fused-ring (bicyclic) bond motifs is 13. The number of hydrogen-bond acceptors (Lipinski definition) is 9. The molecule has 0 fully saturated rings. The molecule has 1 aromatic heterocycles. The van der Waals surface area contributed by atoms with Gasteiger partial charge >= 0.3 is 17.6 Å². The minimum atomic E-state index is -1.15. The molecule has 3 atom stereocenters. The van der Waals surface area contributed by atoms with Gasteiger partial charge in [0.05, 0.1) is 12.2 Å². The van der Waals surface area contributed by atoms with Crippen LogP contribution in [0.3, 0.4) is 0 Å². The van der Waals surface area contributed by atoms with E-state index in [1.807, 2.05) is 19.9 Å². The first-order valence-corrected chi connectivity index (χ1v) is 20.2. The second-order valence-electron chi connectivity index (χ2n) is 16.3. The third kappa shape index (κ3) is 9.60. The number of allylic oxidation sites excluding steroid dienone is 1. The summed E-state index contributed by atoms with van der Waals surface area (Å²) >= 11 is 0. The van der Waals surface area contributed by atoms with Crippen LogP contribution in [-0.4, -0.2) is 42.1 Å². The molecule has 58 heavy (non-hydrogen) atoms. The van der Waals surface area contributed by atoms with E-state index >= 15 is 0 Å². The van der Waals surface area contributed by atoms with E-state index in [2.05, 4.69) is 72.8 Å². The van der Waals surface area contributed by atoms with Gasteiger partial charge in [0.2, 0.25) is 0 Å². The molecule has 4 aromatic carbocycles. The number of carbonyl (C=O) groups is 2. The van der Waals surface area contributed by atoms with E-state index in [1.54, 1.807) is 32.0 Å². The lowest BCUT2D eigenvalue weighted by atomic mass is 9.86. The Morgan fingerprint density at radius 1 is 0.793 bits per heavy atom. The molecule has 5 aromatic rings. The number of esters is 2. The van der Waals surface area contributed by atoms with Gasteiger partial charge in [0.15, 0.2) is 12.2 Å². The molecule has 2 bridgehead atoms. The van der Waals surface area contributed by atoms with Crippen molar-refractivity contribution in [1.29, 1.82) is 0 Å². The minimum absolute atomic E-state index is 0.0659. The average molecular weight is 785 g/mol. The third-order valence-corrected chi connectivity index (χ3v) is 11.3. The number of carbonyl (C=O) groups excluding carboxylic acids is 2. The maximum atomic E-state index is 14.4. The van der Waals surface area contributed by atoms with E-state index in [0.29, 0.717) is 47.1 Å². The number of benzene rings is 4. The summed E-state index contributed by atoms with van der Waals surface area (Å²) in [6, 6.07) is 32.7. The quantitative estimate of drug-likeness (QED) is 0.0514. The highest BCUT2D eigenvalue weighted by Crippen LogP contribution is 2.47. The second kappa shape index (κ2) is 18.0. The molecular weight excluding hydrogens is 733 g/mol. The van der Waals surface area contributed by atoms with E-state index in [-0.39, 0.29) is 30.9 Å². The molecule has 0 unspecified atom stereocenters. The summed E-state index contributed by atoms with van der Waals surface area (Å²) in [5.74, 6) is -0.676. The standard InChI is InChI=1S/C49H52O9/c1-31(2)40-21-19-32-13-15-35(16-14-32)27-37(18-17-34-11-8-12-36(26-34)25-33-9-6-5-7-10-33)28-42(51)55-45-43-41(58-49(3,4)46(45)57-48(40)53)22-20-38-29-39(23-24-54-30-50)47(52)56-44(38)43/h5-16,20,22,26,29,37,45-46,50H,17-19,21,23-25,27-28,30H2,1-4H3/t37-,45+,46-/m0/s1. The molecule has 0 spiro atoms. The molecule has 3 aliphatic heterocycles. The first kappa shape index (κ1) is 40.7. The van der Waals surface area contributed by atoms with Crippen LogP contribution in [0.15, 0.2) is 117 Å². The Morgan fingerprint density at radius 2 is 1.53 bits per heavy atom. The van der Waals surface area contributed by atoms with Crippen molar-refractivity contribution in [3.8, 4) is 5.75 Å². The van der Waals surface area contributed by atoms with Gasteiger partial charge in [-0.3, -0.25) is 4.79 Å². The summed E-state index contributed by atoms with van der Waals surface area (Å²) in [6.07, 6.45) is 2.24. The highest BCUT2D eigenvalue weighted by molar-refractivity contribution is 5.90. The molecule has 0 radical (unpaired) electrons. The zero-order valence-electron chi connectivity index (χ0n) is 33.8. The summed E-state index contributed by atoms with van der Waals surface area (Å²) in [4.78, 5) is 41.9. The zero-order chi connectivity index (χ0) is 40.8. The monoisotopic (exact) mass is 784 g/mol. The predicted molar refractivity (Wildman–Crippen MR) is 222 cm³/mol. The number of aliphatic hydroxyl groups excluding tert-OH is 1. The molecular formula is C49H52O9. The van der Waals surface area contributed by atoms with E-state index < -0.39 is 42.2 Å². The van der Waals surface area contributed by atoms with Crippen LogP contribution in [0.5, 0.6) is 5.75 Å². The molecule has 0 amide bonds. The summed E-state index contributed by atoms with van der Waals surface area (Å²) in [5.41, 5.74) is 6.44. The van der Waals surface area contributed by atoms with Gasteiger partial charge in [-0.25, -0.2) is 9.59 Å². The molecule has 0 saturated heterocycles. The predicted octanol–water partition coefficient (Wildman–Crippen LogP) is 8.72. The molecule has 0 saturated carbocycles. The summed E-state index contributed by atoms with van der Waals surface area (Å²) in [6.45, 7) is 7.04. The van der Waals surface area contributed by atoms with Gasteiger partial charge in [-0.05, 0) is 118 Å². The first-order valence-electron chi connectivity index (χ1n) is 20.2. The molecule has 4 heterocycles. The zero-order valence-corrected chi connectivity index (χ0v) is 33.8. The normalized spacial score (nSPS) is 19.5. The van der Waals surface area contributed by atoms with Crippen molar-refractivity contribution in [2.24, 2.45) is 5.92 Å². The van der Waals surface area contributed by atoms with Gasteiger partial charge in [-0.15, -0.1) is 0 Å². The van der Waals surface area contributed by atoms with Gasteiger partial charge in [-0.1, -0.05) is 84.4 Å². The molecule has 9 nitrogen and oxygen atoms in total. The van der Waals surface area contributed by atoms with Crippen molar-refractivity contribution in [1.82, 2.24) is 0 Å². The molecule has 302 valence electrons. The Labute approximate surface area is 339 Å². The van der Waals surface area contributed by atoms with Gasteiger partial charge in [0, 0.05) is 29.4 Å². The molecule has 3 aliphatic rings. The molecule has 0 aliphatic carbocycles. The van der Waals surface area contributed by atoms with Crippen molar-refractivity contribution in [3.05, 3.63) is 158 Å². The van der Waals surface area contributed by atoms with Crippen LogP contribution in [-0.2, 0) is 55.9 Å². The van der Waals surface area contributed by atoms with Crippen molar-refractivity contribution >= 4 is 22.9 Å². The van der Waals surface area contributed by atoms with Crippen LogP contribution in [0.4, 0.5) is 0 Å². The van der Waals surface area contributed by atoms with Crippen LogP contribution in [0.1, 0.15) is 92.0 Å². The number of ether oxygens (including phenoxy) is 4. The number of aliphatic hydroxyl groups is 1. The number of hydrogen-bond donors (Lipinski definition) is 1. The van der Waals surface area contributed by atoms with Gasteiger partial charge < -0.3 is 28.5 Å². The van der Waals surface area contributed by atoms with E-state index in [4.69, 9.17) is 28.5 Å². The van der Waals surface area contributed by atoms with E-state index in [9.17, 15) is 14.4 Å². The van der Waals surface area contributed by atoms with Crippen molar-refractivity contribution in [2.45, 2.75) is 96.9 Å². The van der Waals surface area contributed by atoms with Gasteiger partial charge in [0.25, 0.3) is 0 Å². The van der Waals surface area contributed by atoms with Crippen molar-refractivity contribution in [2.75, 3.05) is 13.4 Å². The largest absolute Gasteiger partial charge is 0.483 e. The Kier molecular flexibility index (Phi) is 12.6. The Bertz CT molecular complexity index is 2330. The Balaban J connectivity index is 1.24. The summed E-state index contributed by atoms with van der Waals surface area (Å²) in [7, 11) is 0. The van der Waals surface area contributed by atoms with Gasteiger partial charge in [-0.2, -0.15) is 0 Å². The van der Waals surface area contributed by atoms with Crippen LogP contribution >= 0.6 is 0 Å².